The minimum absolute atomic E-state index is 0.293. The second kappa shape index (κ2) is 6.72. The van der Waals surface area contributed by atoms with Gasteiger partial charge in [-0.25, -0.2) is 8.42 Å². The number of nitrogens with zero attached hydrogens (tertiary/aromatic N) is 2. The second-order valence-electron chi connectivity index (χ2n) is 6.45. The molecule has 0 aliphatic carbocycles. The minimum Gasteiger partial charge on any atom is -0.368 e. The predicted octanol–water partition coefficient (Wildman–Crippen LogP) is 3.18. The Bertz CT molecular complexity index is 1070. The lowest BCUT2D eigenvalue weighted by atomic mass is 10.2. The number of rotatable bonds is 3. The lowest BCUT2D eigenvalue weighted by Crippen LogP contribution is -2.43. The Kier molecular flexibility index (Phi) is 4.54. The number of anilines is 1. The third-order valence-electron chi connectivity index (χ3n) is 4.86. The summed E-state index contributed by atoms with van der Waals surface area (Å²) in [6.45, 7) is 3.71. The van der Waals surface area contributed by atoms with Crippen LogP contribution in [-0.4, -0.2) is 39.2 Å². The number of hydrogen-bond acceptors (Lipinski definition) is 4. The second-order valence-corrected chi connectivity index (χ2v) is 9.26. The highest BCUT2D eigenvalue weighted by Crippen LogP contribution is 2.33. The van der Waals surface area contributed by atoms with Gasteiger partial charge in [0.05, 0.1) is 10.4 Å². The third kappa shape index (κ3) is 2.94. The molecule has 0 spiro atoms. The van der Waals surface area contributed by atoms with Crippen molar-refractivity contribution in [3.8, 4) is 0 Å². The number of sulfone groups is 1. The molecule has 0 saturated carbocycles. The molecule has 1 saturated heterocycles. The van der Waals surface area contributed by atoms with Crippen LogP contribution in [0.4, 0.5) is 5.69 Å². The number of fused-ring (bicyclic) bond motifs is 1. The number of aryl methyl sites for hydroxylation is 1. The van der Waals surface area contributed by atoms with Crippen molar-refractivity contribution in [2.24, 2.45) is 7.05 Å². The average molecular weight is 434 g/mol. The normalized spacial score (nSPS) is 15.5. The summed E-state index contributed by atoms with van der Waals surface area (Å²) in [5, 5.41) is 4.64. The highest BCUT2D eigenvalue weighted by Gasteiger charge is 2.24. The van der Waals surface area contributed by atoms with Gasteiger partial charge in [0, 0.05) is 48.8 Å². The van der Waals surface area contributed by atoms with Crippen LogP contribution in [0.1, 0.15) is 0 Å². The maximum absolute atomic E-state index is 13.2. The Morgan fingerprint density at radius 1 is 1.04 bits per heavy atom. The monoisotopic (exact) mass is 433 g/mol. The molecule has 0 amide bonds. The molecule has 5 nitrogen and oxygen atoms in total. The maximum Gasteiger partial charge on any atom is 0.222 e. The standard InChI is InChI=1S/C19H20BrN3O2S/c1-22-17-6-3-7-18(23-10-8-21-9-11-23)16(17)13-19(22)26(24,25)15-5-2-4-14(20)12-15/h2-7,12-13,21H,8-11H2,1H3. The number of halogens is 1. The number of hydrogen-bond donors (Lipinski definition) is 1. The van der Waals surface area contributed by atoms with Crippen molar-refractivity contribution in [1.82, 2.24) is 9.88 Å². The molecule has 3 aromatic rings. The van der Waals surface area contributed by atoms with Gasteiger partial charge in [-0.15, -0.1) is 0 Å². The van der Waals surface area contributed by atoms with Crippen molar-refractivity contribution < 1.29 is 8.42 Å². The molecule has 1 fully saturated rings. The zero-order valence-corrected chi connectivity index (χ0v) is 16.8. The molecule has 0 radical (unpaired) electrons. The van der Waals surface area contributed by atoms with Gasteiger partial charge in [0.2, 0.25) is 9.84 Å². The van der Waals surface area contributed by atoms with Gasteiger partial charge in [-0.3, -0.25) is 0 Å². The lowest BCUT2D eigenvalue weighted by molar-refractivity contribution is 0.587. The Morgan fingerprint density at radius 2 is 1.77 bits per heavy atom. The molecule has 26 heavy (non-hydrogen) atoms. The summed E-state index contributed by atoms with van der Waals surface area (Å²) in [7, 11) is -1.79. The van der Waals surface area contributed by atoms with E-state index >= 15 is 0 Å². The van der Waals surface area contributed by atoms with E-state index in [1.165, 1.54) is 0 Å². The molecular weight excluding hydrogens is 414 g/mol. The molecule has 136 valence electrons. The molecule has 0 bridgehead atoms. The molecule has 4 rings (SSSR count). The summed E-state index contributed by atoms with van der Waals surface area (Å²) >= 11 is 3.36. The highest BCUT2D eigenvalue weighted by atomic mass is 79.9. The van der Waals surface area contributed by atoms with Gasteiger partial charge in [-0.05, 0) is 36.4 Å². The van der Waals surface area contributed by atoms with E-state index in [9.17, 15) is 8.42 Å². The molecule has 1 aliphatic heterocycles. The first-order valence-corrected chi connectivity index (χ1v) is 10.8. The van der Waals surface area contributed by atoms with E-state index in [1.54, 1.807) is 22.8 Å². The summed E-state index contributed by atoms with van der Waals surface area (Å²) in [4.78, 5) is 2.61. The van der Waals surface area contributed by atoms with Gasteiger partial charge in [-0.1, -0.05) is 28.1 Å². The molecule has 1 N–H and O–H groups in total. The fourth-order valence-corrected chi connectivity index (χ4v) is 5.58. The Morgan fingerprint density at radius 3 is 2.50 bits per heavy atom. The van der Waals surface area contributed by atoms with Crippen molar-refractivity contribution in [1.29, 1.82) is 0 Å². The first kappa shape index (κ1) is 17.6. The summed E-state index contributed by atoms with van der Waals surface area (Å²) in [6, 6.07) is 14.7. The van der Waals surface area contributed by atoms with Crippen LogP contribution in [0, 0.1) is 0 Å². The van der Waals surface area contributed by atoms with E-state index < -0.39 is 9.84 Å². The quantitative estimate of drug-likeness (QED) is 0.688. The molecule has 7 heteroatoms. The van der Waals surface area contributed by atoms with Crippen LogP contribution in [0.25, 0.3) is 10.9 Å². The molecule has 1 aliphatic rings. The lowest BCUT2D eigenvalue weighted by Gasteiger charge is -2.30. The Hall–Kier alpha value is -1.83. The van der Waals surface area contributed by atoms with E-state index in [1.807, 2.05) is 31.3 Å². The van der Waals surface area contributed by atoms with Crippen molar-refractivity contribution in [2.75, 3.05) is 31.1 Å². The molecule has 2 aromatic carbocycles. The Labute approximate surface area is 161 Å². The van der Waals surface area contributed by atoms with E-state index in [4.69, 9.17) is 0 Å². The van der Waals surface area contributed by atoms with E-state index in [0.717, 1.165) is 47.2 Å². The van der Waals surface area contributed by atoms with E-state index in [-0.39, 0.29) is 0 Å². The maximum atomic E-state index is 13.2. The van der Waals surface area contributed by atoms with Gasteiger partial charge in [0.1, 0.15) is 5.03 Å². The van der Waals surface area contributed by atoms with E-state index in [0.29, 0.717) is 9.92 Å². The molecule has 0 unspecified atom stereocenters. The molecule has 1 aromatic heterocycles. The number of nitrogens with one attached hydrogen (secondary N) is 1. The number of aromatic nitrogens is 1. The zero-order chi connectivity index (χ0) is 18.3. The SMILES string of the molecule is Cn1c(S(=O)(=O)c2cccc(Br)c2)cc2c(N3CCNCC3)cccc21. The fraction of sp³-hybridized carbons (Fsp3) is 0.263. The van der Waals surface area contributed by atoms with Crippen molar-refractivity contribution in [2.45, 2.75) is 9.92 Å². The van der Waals surface area contributed by atoms with Crippen LogP contribution in [-0.2, 0) is 16.9 Å². The highest BCUT2D eigenvalue weighted by molar-refractivity contribution is 9.10. The molecule has 0 atom stereocenters. The average Bonchev–Trinajstić information content (AvgIpc) is 3.00. The summed E-state index contributed by atoms with van der Waals surface area (Å²) in [5.41, 5.74) is 2.02. The summed E-state index contributed by atoms with van der Waals surface area (Å²) in [6.07, 6.45) is 0. The van der Waals surface area contributed by atoms with Crippen molar-refractivity contribution >= 4 is 42.4 Å². The van der Waals surface area contributed by atoms with E-state index in [2.05, 4.69) is 32.2 Å². The van der Waals surface area contributed by atoms with Gasteiger partial charge in [0.15, 0.2) is 0 Å². The molecular formula is C19H20BrN3O2S. The van der Waals surface area contributed by atoms with Crippen molar-refractivity contribution in [3.63, 3.8) is 0 Å². The van der Waals surface area contributed by atoms with Crippen LogP contribution in [0.3, 0.4) is 0 Å². The van der Waals surface area contributed by atoms with Crippen LogP contribution in [0.15, 0.2) is 62.9 Å². The third-order valence-corrected chi connectivity index (χ3v) is 7.17. The summed E-state index contributed by atoms with van der Waals surface area (Å²) in [5.74, 6) is 0. The van der Waals surface area contributed by atoms with Gasteiger partial charge >= 0.3 is 0 Å². The van der Waals surface area contributed by atoms with Crippen LogP contribution >= 0.6 is 15.9 Å². The number of benzene rings is 2. The largest absolute Gasteiger partial charge is 0.368 e. The van der Waals surface area contributed by atoms with Gasteiger partial charge in [-0.2, -0.15) is 0 Å². The Balaban J connectivity index is 1.88. The van der Waals surface area contributed by atoms with Gasteiger partial charge < -0.3 is 14.8 Å². The zero-order valence-electron chi connectivity index (χ0n) is 14.4. The number of piperazine rings is 1. The fourth-order valence-electron chi connectivity index (χ4n) is 3.51. The molecule has 2 heterocycles. The van der Waals surface area contributed by atoms with Gasteiger partial charge in [0.25, 0.3) is 0 Å². The predicted molar refractivity (Wildman–Crippen MR) is 108 cm³/mol. The minimum atomic E-state index is -3.60. The summed E-state index contributed by atoms with van der Waals surface area (Å²) < 4.78 is 28.9. The van der Waals surface area contributed by atoms with Crippen LogP contribution < -0.4 is 10.2 Å². The smallest absolute Gasteiger partial charge is 0.222 e. The van der Waals surface area contributed by atoms with Crippen LogP contribution in [0.5, 0.6) is 0 Å². The first-order valence-electron chi connectivity index (χ1n) is 8.53. The van der Waals surface area contributed by atoms with Crippen molar-refractivity contribution in [3.05, 3.63) is 53.0 Å². The van der Waals surface area contributed by atoms with Crippen LogP contribution in [0.2, 0.25) is 0 Å². The topological polar surface area (TPSA) is 54.3 Å². The first-order chi connectivity index (χ1) is 12.5.